The summed E-state index contributed by atoms with van der Waals surface area (Å²) < 4.78 is 0. The van der Waals surface area contributed by atoms with Gasteiger partial charge >= 0.3 is 0 Å². The normalized spacial score (nSPS) is 13.8. The Bertz CT molecular complexity index is 395. The van der Waals surface area contributed by atoms with E-state index in [1.807, 2.05) is 6.26 Å². The van der Waals surface area contributed by atoms with Gasteiger partial charge < -0.3 is 15.7 Å². The van der Waals surface area contributed by atoms with E-state index < -0.39 is 5.60 Å². The molecule has 0 radical (unpaired) electrons. The van der Waals surface area contributed by atoms with Gasteiger partial charge in [-0.3, -0.25) is 4.79 Å². The Kier molecular flexibility index (Phi) is 5.36. The molecule has 1 heterocycles. The van der Waals surface area contributed by atoms with Crippen molar-refractivity contribution in [3.63, 3.8) is 0 Å². The van der Waals surface area contributed by atoms with Crippen LogP contribution in [0.2, 0.25) is 0 Å². The van der Waals surface area contributed by atoms with E-state index in [4.69, 9.17) is 0 Å². The van der Waals surface area contributed by atoms with E-state index in [2.05, 4.69) is 20.8 Å². The molecule has 1 rings (SSSR count). The molecular weight excluding hydrogens is 252 g/mol. The largest absolute Gasteiger partial charge is 0.387 e. The summed E-state index contributed by atoms with van der Waals surface area (Å²) in [5, 5.41) is 23.1. The highest BCUT2D eigenvalue weighted by molar-refractivity contribution is 7.98. The number of rotatable bonds is 6. The highest BCUT2D eigenvalue weighted by Crippen LogP contribution is 2.11. The number of aromatic nitrogens is 2. The second-order valence-corrected chi connectivity index (χ2v) is 5.03. The molecular formula is C11H18N4O2S. The molecule has 0 spiro atoms. The third kappa shape index (κ3) is 4.50. The number of hydrogen-bond donors (Lipinski definition) is 3. The number of nitrogens with zero attached hydrogens (tertiary/aromatic N) is 2. The zero-order chi connectivity index (χ0) is 13.6. The molecule has 1 aromatic rings. The van der Waals surface area contributed by atoms with Crippen molar-refractivity contribution in [1.29, 1.82) is 0 Å². The Balaban J connectivity index is 2.56. The summed E-state index contributed by atoms with van der Waals surface area (Å²) in [4.78, 5) is 11.3. The first-order valence-electron chi connectivity index (χ1n) is 5.49. The van der Waals surface area contributed by atoms with Crippen molar-refractivity contribution in [1.82, 2.24) is 15.5 Å². The van der Waals surface area contributed by atoms with Crippen molar-refractivity contribution in [2.24, 2.45) is 0 Å². The highest BCUT2D eigenvalue weighted by Gasteiger charge is 2.19. The average molecular weight is 270 g/mol. The van der Waals surface area contributed by atoms with Crippen LogP contribution in [0.25, 0.3) is 0 Å². The molecule has 0 aliphatic rings. The smallest absolute Gasteiger partial charge is 0.271 e. The molecule has 1 amide bonds. The first-order valence-corrected chi connectivity index (χ1v) is 6.89. The summed E-state index contributed by atoms with van der Waals surface area (Å²) in [6.07, 6.45) is 1.94. The molecule has 18 heavy (non-hydrogen) atoms. The predicted molar refractivity (Wildman–Crippen MR) is 72.9 cm³/mol. The Morgan fingerprint density at radius 2 is 2.22 bits per heavy atom. The Hall–Kier alpha value is -1.34. The minimum absolute atomic E-state index is 0.263. The van der Waals surface area contributed by atoms with Crippen LogP contribution in [0.3, 0.4) is 0 Å². The quantitative estimate of drug-likeness (QED) is 0.692. The van der Waals surface area contributed by atoms with Crippen LogP contribution < -0.4 is 10.6 Å². The number of aliphatic hydroxyl groups is 1. The maximum absolute atomic E-state index is 11.3. The molecule has 6 nitrogen and oxygen atoms in total. The maximum Gasteiger partial charge on any atom is 0.271 e. The van der Waals surface area contributed by atoms with E-state index >= 15 is 0 Å². The van der Waals surface area contributed by atoms with Gasteiger partial charge in [0.15, 0.2) is 5.69 Å². The summed E-state index contributed by atoms with van der Waals surface area (Å²) in [6.45, 7) is 2.13. The summed E-state index contributed by atoms with van der Waals surface area (Å²) in [5.74, 6) is 0.886. The zero-order valence-electron chi connectivity index (χ0n) is 10.7. The third-order valence-electron chi connectivity index (χ3n) is 2.23. The fourth-order valence-electron chi connectivity index (χ4n) is 1.32. The van der Waals surface area contributed by atoms with Gasteiger partial charge in [-0.25, -0.2) is 0 Å². The van der Waals surface area contributed by atoms with Gasteiger partial charge in [0, 0.05) is 19.3 Å². The lowest BCUT2D eigenvalue weighted by Crippen LogP contribution is -2.36. The summed E-state index contributed by atoms with van der Waals surface area (Å²) in [6, 6.07) is 3.24. The number of carbonyl (C=O) groups is 1. The number of nitrogens with one attached hydrogen (secondary N) is 2. The van der Waals surface area contributed by atoms with Crippen molar-refractivity contribution in [2.45, 2.75) is 12.5 Å². The van der Waals surface area contributed by atoms with Crippen LogP contribution in [0, 0.1) is 0 Å². The molecule has 7 heteroatoms. The number of carbonyl (C=O) groups excluding carboxylic acids is 1. The number of amides is 1. The van der Waals surface area contributed by atoms with Crippen molar-refractivity contribution in [3.05, 3.63) is 17.8 Å². The zero-order valence-corrected chi connectivity index (χ0v) is 11.5. The van der Waals surface area contributed by atoms with Gasteiger partial charge in [-0.15, -0.1) is 10.2 Å². The van der Waals surface area contributed by atoms with Crippen molar-refractivity contribution in [2.75, 3.05) is 30.9 Å². The predicted octanol–water partition coefficient (Wildman–Crippen LogP) is 0.362. The summed E-state index contributed by atoms with van der Waals surface area (Å²) in [7, 11) is 1.54. The Labute approximate surface area is 111 Å². The van der Waals surface area contributed by atoms with E-state index in [-0.39, 0.29) is 11.6 Å². The fraction of sp³-hybridized carbons (Fsp3) is 0.545. The van der Waals surface area contributed by atoms with Crippen LogP contribution >= 0.6 is 11.8 Å². The molecule has 0 fully saturated rings. The van der Waals surface area contributed by atoms with Gasteiger partial charge in [0.1, 0.15) is 5.82 Å². The minimum atomic E-state index is -0.805. The molecule has 0 aliphatic carbocycles. The van der Waals surface area contributed by atoms with Crippen LogP contribution in [0.15, 0.2) is 12.1 Å². The Morgan fingerprint density at radius 3 is 2.72 bits per heavy atom. The van der Waals surface area contributed by atoms with E-state index in [0.29, 0.717) is 18.1 Å². The molecule has 100 valence electrons. The van der Waals surface area contributed by atoms with Gasteiger partial charge in [0.2, 0.25) is 0 Å². The van der Waals surface area contributed by atoms with Crippen molar-refractivity contribution >= 4 is 23.5 Å². The maximum atomic E-state index is 11.3. The van der Waals surface area contributed by atoms with Crippen molar-refractivity contribution < 1.29 is 9.90 Å². The third-order valence-corrected chi connectivity index (χ3v) is 3.14. The standard InChI is InChI=1S/C11H18N4O2S/c1-11(17,7-18-3)6-13-9-5-4-8(14-15-9)10(16)12-2/h4-5,17H,6-7H2,1-3H3,(H,12,16)(H,13,15). The Morgan fingerprint density at radius 1 is 1.50 bits per heavy atom. The lowest BCUT2D eigenvalue weighted by molar-refractivity contribution is 0.0954. The second-order valence-electron chi connectivity index (χ2n) is 4.17. The molecule has 0 bridgehead atoms. The van der Waals surface area contributed by atoms with Crippen LogP contribution in [0.5, 0.6) is 0 Å². The van der Waals surface area contributed by atoms with Crippen LogP contribution in [-0.2, 0) is 0 Å². The SMILES string of the molecule is CNC(=O)c1ccc(NCC(C)(O)CSC)nn1. The molecule has 1 atom stereocenters. The van der Waals surface area contributed by atoms with Gasteiger partial charge in [-0.2, -0.15) is 11.8 Å². The molecule has 1 aromatic heterocycles. The average Bonchev–Trinajstić information content (AvgIpc) is 2.36. The molecule has 1 unspecified atom stereocenters. The fourth-order valence-corrected chi connectivity index (χ4v) is 2.04. The molecule has 0 aliphatic heterocycles. The second kappa shape index (κ2) is 6.55. The van der Waals surface area contributed by atoms with E-state index in [1.165, 1.54) is 7.05 Å². The highest BCUT2D eigenvalue weighted by atomic mass is 32.2. The number of anilines is 1. The van der Waals surface area contributed by atoms with E-state index in [1.54, 1.807) is 30.8 Å². The van der Waals surface area contributed by atoms with Gasteiger partial charge in [0.25, 0.3) is 5.91 Å². The molecule has 0 aromatic carbocycles. The van der Waals surface area contributed by atoms with E-state index in [0.717, 1.165) is 0 Å². The lowest BCUT2D eigenvalue weighted by Gasteiger charge is -2.22. The first kappa shape index (κ1) is 14.7. The molecule has 0 saturated carbocycles. The van der Waals surface area contributed by atoms with Crippen molar-refractivity contribution in [3.8, 4) is 0 Å². The molecule has 0 saturated heterocycles. The number of hydrogen-bond acceptors (Lipinski definition) is 6. The number of thioether (sulfide) groups is 1. The molecule has 3 N–H and O–H groups in total. The van der Waals surface area contributed by atoms with Gasteiger partial charge in [-0.1, -0.05) is 0 Å². The summed E-state index contributed by atoms with van der Waals surface area (Å²) >= 11 is 1.57. The first-order chi connectivity index (χ1) is 8.48. The van der Waals surface area contributed by atoms with Crippen LogP contribution in [0.1, 0.15) is 17.4 Å². The van der Waals surface area contributed by atoms with Crippen LogP contribution in [0.4, 0.5) is 5.82 Å². The van der Waals surface area contributed by atoms with Gasteiger partial charge in [-0.05, 0) is 25.3 Å². The van der Waals surface area contributed by atoms with E-state index in [9.17, 15) is 9.90 Å². The minimum Gasteiger partial charge on any atom is -0.387 e. The lowest BCUT2D eigenvalue weighted by atomic mass is 10.1. The monoisotopic (exact) mass is 270 g/mol. The summed E-state index contributed by atoms with van der Waals surface area (Å²) in [5.41, 5.74) is -0.542. The topological polar surface area (TPSA) is 87.1 Å². The van der Waals surface area contributed by atoms with Gasteiger partial charge in [0.05, 0.1) is 5.60 Å². The van der Waals surface area contributed by atoms with Crippen LogP contribution in [-0.4, -0.2) is 52.4 Å².